The highest BCUT2D eigenvalue weighted by Gasteiger charge is 2.20. The van der Waals surface area contributed by atoms with Gasteiger partial charge in [0, 0.05) is 9.81 Å². The summed E-state index contributed by atoms with van der Waals surface area (Å²) in [6, 6.07) is 7.59. The topological polar surface area (TPSA) is 46.0 Å². The van der Waals surface area contributed by atoms with Gasteiger partial charge in [0.05, 0.1) is 28.5 Å². The third-order valence-electron chi connectivity index (χ3n) is 2.49. The zero-order valence-corrected chi connectivity index (χ0v) is 11.9. The van der Waals surface area contributed by atoms with Crippen molar-refractivity contribution in [1.82, 2.24) is 9.97 Å². The molecule has 2 rings (SSSR count). The van der Waals surface area contributed by atoms with Crippen LogP contribution in [0.3, 0.4) is 0 Å². The summed E-state index contributed by atoms with van der Waals surface area (Å²) in [5.74, 6) is 0. The van der Waals surface area contributed by atoms with Crippen molar-refractivity contribution in [3.8, 4) is 0 Å². The summed E-state index contributed by atoms with van der Waals surface area (Å²) < 4.78 is 0. The van der Waals surface area contributed by atoms with Crippen LogP contribution >= 0.6 is 25.3 Å². The van der Waals surface area contributed by atoms with Crippen LogP contribution in [0.1, 0.15) is 19.5 Å². The van der Waals surface area contributed by atoms with E-state index in [-0.39, 0.29) is 0 Å². The Morgan fingerprint density at radius 3 is 2.39 bits per heavy atom. The lowest BCUT2D eigenvalue weighted by Gasteiger charge is -2.19. The van der Waals surface area contributed by atoms with Gasteiger partial charge >= 0.3 is 0 Å². The van der Waals surface area contributed by atoms with E-state index in [0.29, 0.717) is 15.5 Å². The first-order valence-electron chi connectivity index (χ1n) is 5.47. The summed E-state index contributed by atoms with van der Waals surface area (Å²) in [7, 11) is 0. The quantitative estimate of drug-likeness (QED) is 0.740. The van der Waals surface area contributed by atoms with Gasteiger partial charge < -0.3 is 5.11 Å². The molecule has 0 aliphatic rings. The molecule has 94 valence electrons. The van der Waals surface area contributed by atoms with Gasteiger partial charge in [-0.25, -0.2) is 4.98 Å². The molecule has 0 unspecified atom stereocenters. The van der Waals surface area contributed by atoms with E-state index in [1.807, 2.05) is 24.3 Å². The molecular weight excluding hydrogens is 264 g/mol. The van der Waals surface area contributed by atoms with Crippen LogP contribution in [-0.2, 0) is 0 Å². The molecule has 1 N–H and O–H groups in total. The van der Waals surface area contributed by atoms with Gasteiger partial charge in [-0.05, 0) is 26.0 Å². The Kier molecular flexibility index (Phi) is 3.66. The molecule has 0 aliphatic heterocycles. The zero-order valence-electron chi connectivity index (χ0n) is 10.1. The van der Waals surface area contributed by atoms with Crippen LogP contribution in [0.15, 0.2) is 35.4 Å². The van der Waals surface area contributed by atoms with Gasteiger partial charge in [-0.3, -0.25) is 4.98 Å². The predicted octanol–water partition coefficient (Wildman–Crippen LogP) is 2.93. The minimum Gasteiger partial charge on any atom is -0.385 e. The molecule has 0 saturated heterocycles. The molecule has 0 fully saturated rings. The van der Waals surface area contributed by atoms with E-state index in [1.165, 1.54) is 0 Å². The van der Waals surface area contributed by atoms with Crippen LogP contribution in [0.5, 0.6) is 0 Å². The second-order valence-electron chi connectivity index (χ2n) is 4.50. The smallest absolute Gasteiger partial charge is 0.0962 e. The summed E-state index contributed by atoms with van der Waals surface area (Å²) >= 11 is 8.67. The third-order valence-corrected chi connectivity index (χ3v) is 3.89. The Morgan fingerprint density at radius 2 is 1.78 bits per heavy atom. The van der Waals surface area contributed by atoms with Crippen molar-refractivity contribution < 1.29 is 5.11 Å². The molecule has 2 aromatic rings. The minimum absolute atomic E-state index is 0.468. The second kappa shape index (κ2) is 4.91. The van der Waals surface area contributed by atoms with Crippen LogP contribution < -0.4 is 0 Å². The lowest BCUT2D eigenvalue weighted by Crippen LogP contribution is -2.19. The summed E-state index contributed by atoms with van der Waals surface area (Å²) in [6.45, 7) is 3.31. The summed E-state index contributed by atoms with van der Waals surface area (Å²) in [6.07, 6.45) is 1.63. The molecular formula is C13H14N2OS2. The monoisotopic (exact) mass is 278 g/mol. The number of benzene rings is 1. The fourth-order valence-corrected chi connectivity index (χ4v) is 1.98. The van der Waals surface area contributed by atoms with E-state index in [0.717, 1.165) is 11.0 Å². The molecule has 0 saturated carbocycles. The Morgan fingerprint density at radius 1 is 1.17 bits per heavy atom. The van der Waals surface area contributed by atoms with Gasteiger partial charge in [-0.15, -0.1) is 25.3 Å². The Balaban J connectivity index is 2.55. The van der Waals surface area contributed by atoms with Crippen LogP contribution in [0, 0.1) is 0 Å². The first-order valence-corrected chi connectivity index (χ1v) is 6.36. The average Bonchev–Trinajstić information content (AvgIpc) is 2.35. The number of thiol groups is 2. The number of hydrogen-bond donors (Lipinski definition) is 3. The zero-order chi connectivity index (χ0) is 13.3. The Labute approximate surface area is 117 Å². The SMILES string of the molecule is CC(C)(O)/C(S)=C(/S)c1cnc2ccccc2n1. The van der Waals surface area contributed by atoms with Gasteiger partial charge in [-0.1, -0.05) is 12.1 Å². The molecule has 0 amide bonds. The largest absolute Gasteiger partial charge is 0.385 e. The molecule has 1 heterocycles. The molecule has 5 heteroatoms. The fraction of sp³-hybridized carbons (Fsp3) is 0.231. The molecule has 0 atom stereocenters. The standard InChI is InChI=1S/C13H14N2OS2/c1-13(2,16)12(18)11(17)10-7-14-8-5-3-4-6-9(8)15-10/h3-7,16-18H,1-2H3/b12-11-. The van der Waals surface area contributed by atoms with Crippen LogP contribution in [0.4, 0.5) is 0 Å². The average molecular weight is 278 g/mol. The molecule has 0 aliphatic carbocycles. The molecule has 1 aromatic heterocycles. The summed E-state index contributed by atoms with van der Waals surface area (Å²) in [4.78, 5) is 9.76. The maximum atomic E-state index is 9.90. The van der Waals surface area contributed by atoms with Crippen molar-refractivity contribution in [3.63, 3.8) is 0 Å². The Hall–Kier alpha value is -1.04. The maximum Gasteiger partial charge on any atom is 0.0962 e. The number of nitrogens with zero attached hydrogens (tertiary/aromatic N) is 2. The van der Waals surface area contributed by atoms with Crippen LogP contribution in [-0.4, -0.2) is 20.7 Å². The van der Waals surface area contributed by atoms with E-state index in [9.17, 15) is 5.11 Å². The van der Waals surface area contributed by atoms with Crippen LogP contribution in [0.25, 0.3) is 15.9 Å². The van der Waals surface area contributed by atoms with Gasteiger partial charge in [0.25, 0.3) is 0 Å². The second-order valence-corrected chi connectivity index (χ2v) is 5.39. The van der Waals surface area contributed by atoms with E-state index in [4.69, 9.17) is 0 Å². The first kappa shape index (κ1) is 13.4. The van der Waals surface area contributed by atoms with Gasteiger partial charge in [0.15, 0.2) is 0 Å². The van der Waals surface area contributed by atoms with Crippen molar-refractivity contribution in [3.05, 3.63) is 41.1 Å². The number of fused-ring (bicyclic) bond motifs is 1. The van der Waals surface area contributed by atoms with E-state index in [1.54, 1.807) is 20.0 Å². The highest BCUT2D eigenvalue weighted by Crippen LogP contribution is 2.31. The van der Waals surface area contributed by atoms with E-state index in [2.05, 4.69) is 35.2 Å². The molecule has 0 bridgehead atoms. The van der Waals surface area contributed by atoms with Crippen molar-refractivity contribution in [2.24, 2.45) is 0 Å². The highest BCUT2D eigenvalue weighted by molar-refractivity contribution is 7.93. The van der Waals surface area contributed by atoms with Crippen molar-refractivity contribution in [2.75, 3.05) is 0 Å². The lowest BCUT2D eigenvalue weighted by molar-refractivity contribution is 0.130. The molecule has 1 aromatic carbocycles. The van der Waals surface area contributed by atoms with Crippen LogP contribution in [0.2, 0.25) is 0 Å². The fourth-order valence-electron chi connectivity index (χ4n) is 1.48. The van der Waals surface area contributed by atoms with Crippen molar-refractivity contribution in [2.45, 2.75) is 19.4 Å². The van der Waals surface area contributed by atoms with Gasteiger partial charge in [-0.2, -0.15) is 0 Å². The predicted molar refractivity (Wildman–Crippen MR) is 80.7 cm³/mol. The van der Waals surface area contributed by atoms with Crippen molar-refractivity contribution in [1.29, 1.82) is 0 Å². The number of aromatic nitrogens is 2. The third kappa shape index (κ3) is 2.68. The first-order chi connectivity index (χ1) is 8.39. The van der Waals surface area contributed by atoms with E-state index >= 15 is 0 Å². The van der Waals surface area contributed by atoms with Gasteiger partial charge in [0.1, 0.15) is 0 Å². The molecule has 0 spiro atoms. The molecule has 3 nitrogen and oxygen atoms in total. The number of rotatable bonds is 2. The molecule has 0 radical (unpaired) electrons. The molecule has 18 heavy (non-hydrogen) atoms. The summed E-state index contributed by atoms with van der Waals surface area (Å²) in [5, 5.41) is 9.90. The normalized spacial score (nSPS) is 13.6. The van der Waals surface area contributed by atoms with Gasteiger partial charge in [0.2, 0.25) is 0 Å². The van der Waals surface area contributed by atoms with E-state index < -0.39 is 5.60 Å². The van der Waals surface area contributed by atoms with Crippen molar-refractivity contribution >= 4 is 41.2 Å². The highest BCUT2D eigenvalue weighted by atomic mass is 32.1. The maximum absolute atomic E-state index is 9.90. The Bertz CT molecular complexity index is 618. The summed E-state index contributed by atoms with van der Waals surface area (Å²) in [5.41, 5.74) is 1.17. The number of para-hydroxylation sites is 2. The number of hydrogen-bond acceptors (Lipinski definition) is 5. The minimum atomic E-state index is -1.05. The lowest BCUT2D eigenvalue weighted by atomic mass is 10.1. The number of aliphatic hydroxyl groups is 1.